The van der Waals surface area contributed by atoms with Gasteiger partial charge in [-0.15, -0.1) is 0 Å². The van der Waals surface area contributed by atoms with Gasteiger partial charge in [0.15, 0.2) is 6.61 Å². The molecule has 0 fully saturated rings. The summed E-state index contributed by atoms with van der Waals surface area (Å²) in [6, 6.07) is 13.3. The molecule has 1 heterocycles. The van der Waals surface area contributed by atoms with Gasteiger partial charge in [-0.1, -0.05) is 29.8 Å². The number of para-hydroxylation sites is 1. The highest BCUT2D eigenvalue weighted by Crippen LogP contribution is 2.28. The smallest absolute Gasteiger partial charge is 0.249 e. The van der Waals surface area contributed by atoms with Gasteiger partial charge in [-0.25, -0.2) is 0 Å². The molecular weight excluding hydrogens is 370 g/mol. The Kier molecular flexibility index (Phi) is 5.93. The molecule has 0 bridgehead atoms. The molecule has 2 aromatic carbocycles. The summed E-state index contributed by atoms with van der Waals surface area (Å²) in [6.45, 7) is -0.138. The Morgan fingerprint density at radius 1 is 1.26 bits per heavy atom. The van der Waals surface area contributed by atoms with Crippen LogP contribution >= 0.6 is 11.6 Å². The highest BCUT2D eigenvalue weighted by Gasteiger charge is 2.29. The Labute approximate surface area is 161 Å². The van der Waals surface area contributed by atoms with Crippen LogP contribution in [0.2, 0.25) is 5.02 Å². The second-order valence-electron chi connectivity index (χ2n) is 5.80. The molecule has 2 N–H and O–H groups in total. The summed E-state index contributed by atoms with van der Waals surface area (Å²) in [5, 5.41) is 7.17. The third-order valence-electron chi connectivity index (χ3n) is 3.92. The van der Waals surface area contributed by atoms with E-state index in [1.165, 1.54) is 7.11 Å². The summed E-state index contributed by atoms with van der Waals surface area (Å²) in [4.78, 5) is 24.7. The Hall–Kier alpha value is -3.06. The number of rotatable bonds is 7. The van der Waals surface area contributed by atoms with E-state index in [-0.39, 0.29) is 30.4 Å². The summed E-state index contributed by atoms with van der Waals surface area (Å²) in [5.74, 6) is 0.465. The fraction of sp³-hybridized carbons (Fsp3) is 0.211. The first-order valence-electron chi connectivity index (χ1n) is 8.24. The lowest BCUT2D eigenvalue weighted by atomic mass is 10.1. The molecule has 140 valence electrons. The zero-order valence-electron chi connectivity index (χ0n) is 14.6. The van der Waals surface area contributed by atoms with Gasteiger partial charge in [0.25, 0.3) is 0 Å². The first kappa shape index (κ1) is 18.7. The number of ether oxygens (including phenoxy) is 2. The Bertz CT molecular complexity index is 871. The molecule has 1 unspecified atom stereocenters. The third kappa shape index (κ3) is 4.77. The van der Waals surface area contributed by atoms with Gasteiger partial charge in [-0.3, -0.25) is 15.0 Å². The van der Waals surface area contributed by atoms with E-state index in [0.717, 1.165) is 0 Å². The molecule has 7 nitrogen and oxygen atoms in total. The maximum Gasteiger partial charge on any atom is 0.249 e. The molecule has 0 aromatic heterocycles. The van der Waals surface area contributed by atoms with Crippen molar-refractivity contribution in [3.05, 3.63) is 53.6 Å². The van der Waals surface area contributed by atoms with Crippen LogP contribution in [0.3, 0.4) is 0 Å². The number of carbonyl (C=O) groups excluding carboxylic acids is 2. The quantitative estimate of drug-likeness (QED) is 0.762. The van der Waals surface area contributed by atoms with Gasteiger partial charge in [0.1, 0.15) is 23.3 Å². The van der Waals surface area contributed by atoms with Crippen molar-refractivity contribution in [2.24, 2.45) is 5.10 Å². The van der Waals surface area contributed by atoms with E-state index in [1.54, 1.807) is 30.3 Å². The topological polar surface area (TPSA) is 89.0 Å². The molecule has 27 heavy (non-hydrogen) atoms. The van der Waals surface area contributed by atoms with Gasteiger partial charge >= 0.3 is 0 Å². The van der Waals surface area contributed by atoms with Crippen LogP contribution in [0.5, 0.6) is 11.5 Å². The van der Waals surface area contributed by atoms with Gasteiger partial charge in [-0.05, 0) is 30.3 Å². The molecule has 8 heteroatoms. The molecule has 0 radical (unpaired) electrons. The first-order chi connectivity index (χ1) is 13.1. The Morgan fingerprint density at radius 2 is 2.04 bits per heavy atom. The van der Waals surface area contributed by atoms with Crippen molar-refractivity contribution in [3.63, 3.8) is 0 Å². The number of ketones is 1. The van der Waals surface area contributed by atoms with Crippen LogP contribution in [-0.2, 0) is 9.59 Å². The molecule has 1 aliphatic heterocycles. The molecule has 2 aromatic rings. The van der Waals surface area contributed by atoms with Crippen LogP contribution in [0.1, 0.15) is 6.42 Å². The van der Waals surface area contributed by atoms with Gasteiger partial charge in [0.2, 0.25) is 11.7 Å². The minimum absolute atomic E-state index is 0.138. The van der Waals surface area contributed by atoms with Crippen molar-refractivity contribution in [2.45, 2.75) is 12.5 Å². The zero-order chi connectivity index (χ0) is 19.2. The Morgan fingerprint density at radius 3 is 2.78 bits per heavy atom. The molecule has 3 rings (SSSR count). The molecule has 0 saturated heterocycles. The molecule has 1 aliphatic rings. The van der Waals surface area contributed by atoms with Gasteiger partial charge in [-0.2, -0.15) is 5.10 Å². The van der Waals surface area contributed by atoms with Crippen LogP contribution in [0.15, 0.2) is 53.6 Å². The molecule has 0 aliphatic carbocycles. The minimum Gasteiger partial charge on any atom is -0.495 e. The summed E-state index contributed by atoms with van der Waals surface area (Å²) in [6.07, 6.45) is 0.172. The number of halogens is 1. The lowest BCUT2D eigenvalue weighted by Crippen LogP contribution is -2.35. The number of carbonyl (C=O) groups is 2. The number of hydrogen-bond acceptors (Lipinski definition) is 6. The fourth-order valence-electron chi connectivity index (χ4n) is 2.51. The average Bonchev–Trinajstić information content (AvgIpc) is 3.18. The second kappa shape index (κ2) is 8.55. The van der Waals surface area contributed by atoms with E-state index in [9.17, 15) is 9.59 Å². The van der Waals surface area contributed by atoms with E-state index in [4.69, 9.17) is 21.1 Å². The molecule has 1 amide bonds. The van der Waals surface area contributed by atoms with Crippen molar-refractivity contribution < 1.29 is 19.1 Å². The summed E-state index contributed by atoms with van der Waals surface area (Å²) in [5.41, 5.74) is 3.40. The van der Waals surface area contributed by atoms with E-state index in [0.29, 0.717) is 22.2 Å². The van der Waals surface area contributed by atoms with Crippen LogP contribution in [0.25, 0.3) is 0 Å². The lowest BCUT2D eigenvalue weighted by molar-refractivity contribution is -0.117. The third-order valence-corrected chi connectivity index (χ3v) is 4.16. The van der Waals surface area contributed by atoms with Crippen LogP contribution in [0, 0.1) is 0 Å². The number of anilines is 1. The number of nitrogens with one attached hydrogen (secondary N) is 2. The lowest BCUT2D eigenvalue weighted by Gasteiger charge is -2.13. The molecule has 0 spiro atoms. The van der Waals surface area contributed by atoms with Crippen molar-refractivity contribution in [3.8, 4) is 11.5 Å². The van der Waals surface area contributed by atoms with Crippen molar-refractivity contribution in [1.29, 1.82) is 0 Å². The maximum atomic E-state index is 12.5. The summed E-state index contributed by atoms with van der Waals surface area (Å²) >= 11 is 5.96. The number of methoxy groups -OCH3 is 1. The molecule has 0 saturated carbocycles. The van der Waals surface area contributed by atoms with Crippen molar-refractivity contribution in [2.75, 3.05) is 19.0 Å². The predicted octanol–water partition coefficient (Wildman–Crippen LogP) is 2.65. The van der Waals surface area contributed by atoms with E-state index in [2.05, 4.69) is 15.8 Å². The number of hydrogen-bond donors (Lipinski definition) is 2. The Balaban J connectivity index is 1.54. The summed E-state index contributed by atoms with van der Waals surface area (Å²) in [7, 11) is 1.50. The van der Waals surface area contributed by atoms with Crippen LogP contribution in [0.4, 0.5) is 5.69 Å². The van der Waals surface area contributed by atoms with Crippen LogP contribution < -0.4 is 20.2 Å². The van der Waals surface area contributed by atoms with Gasteiger partial charge in [0, 0.05) is 11.4 Å². The number of amides is 1. The summed E-state index contributed by atoms with van der Waals surface area (Å²) < 4.78 is 10.6. The SMILES string of the molecule is COc1ccc(Cl)cc1NC(=O)C1CC(C(=O)COc2ccccc2)=NN1. The maximum absolute atomic E-state index is 12.5. The first-order valence-corrected chi connectivity index (χ1v) is 8.62. The number of Topliss-reactive ketones (excluding diaryl/α,β-unsaturated/α-hetero) is 1. The standard InChI is InChI=1S/C19H18ClN3O4/c1-26-18-8-7-12(20)9-15(18)21-19(25)16-10-14(22-23-16)17(24)11-27-13-5-3-2-4-6-13/h2-9,16,23H,10-11H2,1H3,(H,21,25). The van der Waals surface area contributed by atoms with Crippen molar-refractivity contribution >= 4 is 34.7 Å². The monoisotopic (exact) mass is 387 g/mol. The highest BCUT2D eigenvalue weighted by atomic mass is 35.5. The number of hydrazone groups is 1. The normalized spacial score (nSPS) is 15.5. The number of benzene rings is 2. The minimum atomic E-state index is -0.663. The average molecular weight is 388 g/mol. The molecule has 1 atom stereocenters. The van der Waals surface area contributed by atoms with E-state index >= 15 is 0 Å². The molecular formula is C19H18ClN3O4. The number of nitrogens with zero attached hydrogens (tertiary/aromatic N) is 1. The zero-order valence-corrected chi connectivity index (χ0v) is 15.3. The fourth-order valence-corrected chi connectivity index (χ4v) is 2.69. The predicted molar refractivity (Wildman–Crippen MR) is 103 cm³/mol. The van der Waals surface area contributed by atoms with Gasteiger partial charge in [0.05, 0.1) is 12.8 Å². The highest BCUT2D eigenvalue weighted by molar-refractivity contribution is 6.41. The largest absolute Gasteiger partial charge is 0.495 e. The van der Waals surface area contributed by atoms with Crippen LogP contribution in [-0.4, -0.2) is 37.2 Å². The van der Waals surface area contributed by atoms with Crippen molar-refractivity contribution in [1.82, 2.24) is 5.43 Å². The van der Waals surface area contributed by atoms with E-state index < -0.39 is 6.04 Å². The van der Waals surface area contributed by atoms with Gasteiger partial charge < -0.3 is 14.8 Å². The second-order valence-corrected chi connectivity index (χ2v) is 6.24. The van der Waals surface area contributed by atoms with E-state index in [1.807, 2.05) is 18.2 Å².